The Balaban J connectivity index is 1.58. The second-order valence-corrected chi connectivity index (χ2v) is 7.06. The van der Waals surface area contributed by atoms with Crippen molar-refractivity contribution in [2.75, 3.05) is 0 Å². The topological polar surface area (TPSA) is 64.1 Å². The monoisotopic (exact) mass is 421 g/mol. The number of carbonyl (C=O) groups excluding carboxylic acids is 1. The fourth-order valence-corrected chi connectivity index (χ4v) is 3.28. The summed E-state index contributed by atoms with van der Waals surface area (Å²) in [6.45, 7) is 2.10. The first-order valence-electron chi connectivity index (χ1n) is 9.21. The van der Waals surface area contributed by atoms with Gasteiger partial charge in [-0.2, -0.15) is 0 Å². The van der Waals surface area contributed by atoms with Crippen LogP contribution in [0.2, 0.25) is 5.02 Å². The zero-order valence-corrected chi connectivity index (χ0v) is 16.8. The van der Waals surface area contributed by atoms with Crippen LogP contribution in [0.5, 0.6) is 11.5 Å². The van der Waals surface area contributed by atoms with Crippen molar-refractivity contribution < 1.29 is 13.9 Å². The number of benzene rings is 2. The molecule has 0 atom stereocenters. The van der Waals surface area contributed by atoms with E-state index >= 15 is 0 Å². The van der Waals surface area contributed by atoms with Gasteiger partial charge in [-0.15, -0.1) is 0 Å². The third kappa shape index (κ3) is 4.09. The number of ether oxygens (including phenoxy) is 1. The maximum Gasteiger partial charge on any atom is 0.251 e. The number of aromatic nitrogens is 2. The summed E-state index contributed by atoms with van der Waals surface area (Å²) in [6, 6.07) is 13.1. The van der Waals surface area contributed by atoms with Gasteiger partial charge in [-0.25, -0.2) is 4.39 Å². The second-order valence-electron chi connectivity index (χ2n) is 6.65. The molecule has 2 aromatic heterocycles. The molecule has 0 unspecified atom stereocenters. The van der Waals surface area contributed by atoms with Crippen molar-refractivity contribution >= 4 is 28.4 Å². The molecule has 0 aliphatic carbocycles. The first kappa shape index (κ1) is 19.8. The van der Waals surface area contributed by atoms with Crippen LogP contribution in [0.3, 0.4) is 0 Å². The van der Waals surface area contributed by atoms with E-state index in [4.69, 9.17) is 16.3 Å². The number of fused-ring (bicyclic) bond motifs is 1. The first-order chi connectivity index (χ1) is 14.5. The summed E-state index contributed by atoms with van der Waals surface area (Å²) in [6.07, 6.45) is 4.72. The molecule has 0 spiro atoms. The van der Waals surface area contributed by atoms with Gasteiger partial charge in [0.1, 0.15) is 17.3 Å². The molecule has 1 N–H and O–H groups in total. The SMILES string of the molecule is Cc1c(Oc2ccnc3cc(F)ccc23)cccc1C(=O)NCc1ccncc1Cl. The molecule has 30 heavy (non-hydrogen) atoms. The maximum atomic E-state index is 13.5. The molecule has 4 rings (SSSR count). The van der Waals surface area contributed by atoms with Crippen molar-refractivity contribution in [1.82, 2.24) is 15.3 Å². The van der Waals surface area contributed by atoms with E-state index in [0.29, 0.717) is 38.6 Å². The molecule has 0 fully saturated rings. The molecular weight excluding hydrogens is 405 g/mol. The van der Waals surface area contributed by atoms with Crippen LogP contribution in [0.1, 0.15) is 21.5 Å². The molecule has 7 heteroatoms. The Labute approximate surface area is 177 Å². The van der Waals surface area contributed by atoms with Crippen molar-refractivity contribution in [2.45, 2.75) is 13.5 Å². The fourth-order valence-electron chi connectivity index (χ4n) is 3.09. The van der Waals surface area contributed by atoms with Gasteiger partial charge in [-0.05, 0) is 48.9 Å². The van der Waals surface area contributed by atoms with Gasteiger partial charge in [0, 0.05) is 47.7 Å². The van der Waals surface area contributed by atoms with Crippen LogP contribution in [0.4, 0.5) is 4.39 Å². The number of pyridine rings is 2. The van der Waals surface area contributed by atoms with E-state index in [1.807, 2.05) is 6.92 Å². The van der Waals surface area contributed by atoms with Gasteiger partial charge in [0.05, 0.1) is 10.5 Å². The molecule has 0 bridgehead atoms. The number of carbonyl (C=O) groups is 1. The number of nitrogens with one attached hydrogen (secondary N) is 1. The van der Waals surface area contributed by atoms with Gasteiger partial charge in [-0.3, -0.25) is 14.8 Å². The number of halogens is 2. The van der Waals surface area contributed by atoms with E-state index in [1.165, 1.54) is 18.3 Å². The zero-order valence-electron chi connectivity index (χ0n) is 16.0. The van der Waals surface area contributed by atoms with Crippen LogP contribution in [0, 0.1) is 12.7 Å². The molecule has 0 saturated heterocycles. The lowest BCUT2D eigenvalue weighted by Crippen LogP contribution is -2.23. The largest absolute Gasteiger partial charge is 0.456 e. The molecule has 0 aliphatic rings. The van der Waals surface area contributed by atoms with Gasteiger partial charge in [0.15, 0.2) is 0 Å². The van der Waals surface area contributed by atoms with Crippen molar-refractivity contribution in [3.63, 3.8) is 0 Å². The summed E-state index contributed by atoms with van der Waals surface area (Å²) in [7, 11) is 0. The Morgan fingerprint density at radius 3 is 2.83 bits per heavy atom. The van der Waals surface area contributed by atoms with Crippen LogP contribution in [-0.4, -0.2) is 15.9 Å². The van der Waals surface area contributed by atoms with E-state index in [9.17, 15) is 9.18 Å². The minimum absolute atomic E-state index is 0.243. The van der Waals surface area contributed by atoms with E-state index in [-0.39, 0.29) is 18.3 Å². The van der Waals surface area contributed by atoms with Gasteiger partial charge >= 0.3 is 0 Å². The highest BCUT2D eigenvalue weighted by molar-refractivity contribution is 6.31. The highest BCUT2D eigenvalue weighted by atomic mass is 35.5. The molecule has 0 aliphatic heterocycles. The van der Waals surface area contributed by atoms with Crippen molar-refractivity contribution in [3.05, 3.63) is 94.7 Å². The molecule has 4 aromatic rings. The predicted octanol–water partition coefficient (Wildman–Crippen LogP) is 5.45. The van der Waals surface area contributed by atoms with Gasteiger partial charge in [0.2, 0.25) is 0 Å². The highest BCUT2D eigenvalue weighted by Crippen LogP contribution is 2.32. The summed E-state index contributed by atoms with van der Waals surface area (Å²) in [5.74, 6) is 0.453. The Kier molecular flexibility index (Phi) is 5.59. The second kappa shape index (κ2) is 8.47. The summed E-state index contributed by atoms with van der Waals surface area (Å²) in [5, 5.41) is 4.04. The lowest BCUT2D eigenvalue weighted by atomic mass is 10.1. The van der Waals surface area contributed by atoms with Gasteiger partial charge in [0.25, 0.3) is 5.91 Å². The summed E-state index contributed by atoms with van der Waals surface area (Å²) in [4.78, 5) is 20.8. The summed E-state index contributed by atoms with van der Waals surface area (Å²) >= 11 is 6.10. The minimum atomic E-state index is -0.365. The van der Waals surface area contributed by atoms with Crippen LogP contribution >= 0.6 is 11.6 Å². The van der Waals surface area contributed by atoms with Crippen LogP contribution in [0.25, 0.3) is 10.9 Å². The number of amides is 1. The van der Waals surface area contributed by atoms with Gasteiger partial charge in [-0.1, -0.05) is 17.7 Å². The molecule has 0 radical (unpaired) electrons. The number of nitrogens with zero attached hydrogens (tertiary/aromatic N) is 2. The number of hydrogen-bond donors (Lipinski definition) is 1. The van der Waals surface area contributed by atoms with Crippen molar-refractivity contribution in [2.24, 2.45) is 0 Å². The van der Waals surface area contributed by atoms with Crippen LogP contribution in [0.15, 0.2) is 67.1 Å². The Hall–Kier alpha value is -3.51. The average Bonchev–Trinajstić information content (AvgIpc) is 2.74. The Morgan fingerprint density at radius 2 is 2.00 bits per heavy atom. The van der Waals surface area contributed by atoms with Crippen LogP contribution < -0.4 is 10.1 Å². The van der Waals surface area contributed by atoms with E-state index < -0.39 is 0 Å². The third-order valence-electron chi connectivity index (χ3n) is 4.71. The lowest BCUT2D eigenvalue weighted by Gasteiger charge is -2.14. The van der Waals surface area contributed by atoms with Gasteiger partial charge < -0.3 is 10.1 Å². The minimum Gasteiger partial charge on any atom is -0.456 e. The van der Waals surface area contributed by atoms with E-state index in [2.05, 4.69) is 15.3 Å². The lowest BCUT2D eigenvalue weighted by molar-refractivity contribution is 0.0950. The molecule has 1 amide bonds. The Morgan fingerprint density at radius 1 is 1.13 bits per heavy atom. The number of hydrogen-bond acceptors (Lipinski definition) is 4. The van der Waals surface area contributed by atoms with Crippen LogP contribution in [-0.2, 0) is 6.54 Å². The molecular formula is C23H17ClFN3O2. The average molecular weight is 422 g/mol. The maximum absolute atomic E-state index is 13.5. The van der Waals surface area contributed by atoms with E-state index in [1.54, 1.807) is 48.8 Å². The fraction of sp³-hybridized carbons (Fsp3) is 0.0870. The molecule has 150 valence electrons. The quantitative estimate of drug-likeness (QED) is 0.465. The molecule has 5 nitrogen and oxygen atoms in total. The smallest absolute Gasteiger partial charge is 0.251 e. The summed E-state index contributed by atoms with van der Waals surface area (Å²) < 4.78 is 19.5. The molecule has 0 saturated carbocycles. The predicted molar refractivity (Wildman–Crippen MR) is 113 cm³/mol. The van der Waals surface area contributed by atoms with Crippen molar-refractivity contribution in [3.8, 4) is 11.5 Å². The van der Waals surface area contributed by atoms with E-state index in [0.717, 1.165) is 5.56 Å². The van der Waals surface area contributed by atoms with Crippen molar-refractivity contribution in [1.29, 1.82) is 0 Å². The molecule has 2 aromatic carbocycles. The standard InChI is InChI=1S/C23H17ClFN3O2/c1-14-17(23(29)28-12-15-7-9-26-13-19(15)24)3-2-4-21(14)30-22-8-10-27-20-11-16(25)5-6-18(20)22/h2-11,13H,12H2,1H3,(H,28,29). The first-order valence-corrected chi connectivity index (χ1v) is 9.59. The zero-order chi connectivity index (χ0) is 21.1. The summed E-state index contributed by atoms with van der Waals surface area (Å²) in [5.41, 5.74) is 2.44. The molecule has 2 heterocycles. The third-order valence-corrected chi connectivity index (χ3v) is 5.05. The highest BCUT2D eigenvalue weighted by Gasteiger charge is 2.14. The number of rotatable bonds is 5. The Bertz CT molecular complexity index is 1250. The normalized spacial score (nSPS) is 10.8.